The quantitative estimate of drug-likeness (QED) is 0.620. The zero-order chi connectivity index (χ0) is 25.3. The fraction of sp³-hybridized carbons (Fsp3) is 0.655. The Morgan fingerprint density at radius 2 is 1.83 bits per heavy atom. The molecule has 2 spiro atoms. The van der Waals surface area contributed by atoms with Gasteiger partial charge in [0.2, 0.25) is 5.91 Å². The number of nitriles is 1. The summed E-state index contributed by atoms with van der Waals surface area (Å²) in [6.45, 7) is 2.43. The van der Waals surface area contributed by atoms with Crippen molar-refractivity contribution in [1.82, 2.24) is 10.2 Å². The lowest BCUT2D eigenvalue weighted by atomic mass is 9.72. The van der Waals surface area contributed by atoms with Crippen LogP contribution < -0.4 is 10.1 Å². The van der Waals surface area contributed by atoms with E-state index in [0.29, 0.717) is 31.6 Å². The Morgan fingerprint density at radius 1 is 1.11 bits per heavy atom. The van der Waals surface area contributed by atoms with E-state index in [4.69, 9.17) is 4.74 Å². The second-order valence-corrected chi connectivity index (χ2v) is 11.9. The van der Waals surface area contributed by atoms with E-state index in [-0.39, 0.29) is 41.0 Å². The minimum atomic E-state index is -0.719. The number of ether oxygens (including phenoxy) is 1. The number of amides is 2. The molecule has 1 aliphatic heterocycles. The first-order chi connectivity index (χ1) is 17.3. The predicted octanol–water partition coefficient (Wildman–Crippen LogP) is 4.08. The molecule has 4 fully saturated rings. The predicted molar refractivity (Wildman–Crippen MR) is 134 cm³/mol. The molecule has 3 aliphatic carbocycles. The highest BCUT2D eigenvalue weighted by Crippen LogP contribution is 2.59. The summed E-state index contributed by atoms with van der Waals surface area (Å²) in [6.07, 6.45) is 10.1. The smallest absolute Gasteiger partial charge is 0.261 e. The number of carbonyl (C=O) groups is 3. The monoisotopic (exact) mass is 491 g/mol. The van der Waals surface area contributed by atoms with Crippen molar-refractivity contribution in [1.29, 1.82) is 5.26 Å². The number of benzene rings is 1. The molecule has 7 heteroatoms. The van der Waals surface area contributed by atoms with Gasteiger partial charge in [0.25, 0.3) is 5.91 Å². The van der Waals surface area contributed by atoms with Gasteiger partial charge in [0.15, 0.2) is 6.61 Å². The molecule has 1 unspecified atom stereocenters. The third-order valence-electron chi connectivity index (χ3n) is 9.06. The highest BCUT2D eigenvalue weighted by atomic mass is 16.5. The molecule has 1 aromatic carbocycles. The fourth-order valence-corrected chi connectivity index (χ4v) is 6.77. The number of likely N-dealkylation sites (tertiary alicyclic amines) is 1. The molecule has 192 valence electrons. The lowest BCUT2D eigenvalue weighted by Gasteiger charge is -2.33. The van der Waals surface area contributed by atoms with Gasteiger partial charge in [0.05, 0.1) is 6.07 Å². The Kier molecular flexibility index (Phi) is 6.80. The van der Waals surface area contributed by atoms with Gasteiger partial charge in [-0.2, -0.15) is 5.26 Å². The molecule has 1 aromatic rings. The number of nitrogens with zero attached hydrogens (tertiary/aromatic N) is 2. The zero-order valence-electron chi connectivity index (χ0n) is 21.3. The van der Waals surface area contributed by atoms with Crippen LogP contribution >= 0.6 is 0 Å². The van der Waals surface area contributed by atoms with Crippen molar-refractivity contribution in [3.63, 3.8) is 0 Å². The molecule has 0 aromatic heterocycles. The van der Waals surface area contributed by atoms with E-state index in [9.17, 15) is 19.6 Å². The first kappa shape index (κ1) is 24.8. The molecule has 1 saturated heterocycles. The van der Waals surface area contributed by atoms with Gasteiger partial charge in [-0.1, -0.05) is 37.0 Å². The minimum absolute atomic E-state index is 0.0400. The van der Waals surface area contributed by atoms with Gasteiger partial charge in [0.1, 0.15) is 23.6 Å². The number of hydrogen-bond donors (Lipinski definition) is 1. The molecule has 7 nitrogen and oxygen atoms in total. The van der Waals surface area contributed by atoms with Gasteiger partial charge in [-0.05, 0) is 74.8 Å². The van der Waals surface area contributed by atoms with Crippen LogP contribution in [0.4, 0.5) is 0 Å². The Labute approximate surface area is 213 Å². The summed E-state index contributed by atoms with van der Waals surface area (Å²) in [5.74, 6) is 0.230. The molecule has 0 bridgehead atoms. The largest absolute Gasteiger partial charge is 0.484 e. The SMILES string of the molecule is Cc1ccc(OCC(=O)N2CC3(CCCCC3)CC2C(=O)N[C@H](C#N)C[C@@H]2CC3(CC3)CC2=O)cc1. The van der Waals surface area contributed by atoms with E-state index in [0.717, 1.165) is 50.5 Å². The third-order valence-corrected chi connectivity index (χ3v) is 9.06. The molecule has 0 radical (unpaired) electrons. The number of ketones is 1. The molecule has 1 heterocycles. The molecule has 4 aliphatic rings. The average molecular weight is 492 g/mol. The highest BCUT2D eigenvalue weighted by Gasteiger charge is 2.53. The second kappa shape index (κ2) is 9.88. The summed E-state index contributed by atoms with van der Waals surface area (Å²) >= 11 is 0. The zero-order valence-corrected chi connectivity index (χ0v) is 21.3. The summed E-state index contributed by atoms with van der Waals surface area (Å²) in [5, 5.41) is 12.7. The van der Waals surface area contributed by atoms with Crippen LogP contribution in [0.25, 0.3) is 0 Å². The molecule has 36 heavy (non-hydrogen) atoms. The number of rotatable bonds is 7. The first-order valence-electron chi connectivity index (χ1n) is 13.5. The molecule has 1 N–H and O–H groups in total. The summed E-state index contributed by atoms with van der Waals surface area (Å²) < 4.78 is 5.75. The van der Waals surface area contributed by atoms with E-state index >= 15 is 0 Å². The topological polar surface area (TPSA) is 99.5 Å². The number of nitrogens with one attached hydrogen (secondary N) is 1. The maximum absolute atomic E-state index is 13.5. The summed E-state index contributed by atoms with van der Waals surface area (Å²) in [4.78, 5) is 40.9. The van der Waals surface area contributed by atoms with E-state index in [1.54, 1.807) is 4.90 Å². The van der Waals surface area contributed by atoms with Crippen LogP contribution in [0.2, 0.25) is 0 Å². The second-order valence-electron chi connectivity index (χ2n) is 11.9. The molecule has 5 rings (SSSR count). The molecule has 3 atom stereocenters. The average Bonchev–Trinajstić information content (AvgIpc) is 3.41. The number of carbonyl (C=O) groups excluding carboxylic acids is 3. The van der Waals surface area contributed by atoms with Crippen molar-refractivity contribution in [2.45, 2.75) is 89.6 Å². The Balaban J connectivity index is 1.25. The van der Waals surface area contributed by atoms with Crippen molar-refractivity contribution in [2.75, 3.05) is 13.2 Å². The van der Waals surface area contributed by atoms with Crippen LogP contribution in [-0.4, -0.2) is 47.7 Å². The van der Waals surface area contributed by atoms with Crippen LogP contribution in [0, 0.1) is 35.0 Å². The van der Waals surface area contributed by atoms with Crippen LogP contribution in [0.1, 0.15) is 76.2 Å². The van der Waals surface area contributed by atoms with E-state index in [1.165, 1.54) is 6.42 Å². The van der Waals surface area contributed by atoms with Crippen LogP contribution in [0.3, 0.4) is 0 Å². The lowest BCUT2D eigenvalue weighted by molar-refractivity contribution is -0.140. The number of aryl methyl sites for hydroxylation is 1. The van der Waals surface area contributed by atoms with Gasteiger partial charge in [-0.3, -0.25) is 14.4 Å². The minimum Gasteiger partial charge on any atom is -0.484 e. The Bertz CT molecular complexity index is 1050. The van der Waals surface area contributed by atoms with Crippen molar-refractivity contribution >= 4 is 17.6 Å². The number of hydrogen-bond acceptors (Lipinski definition) is 5. The lowest BCUT2D eigenvalue weighted by Crippen LogP contribution is -2.50. The number of Topliss-reactive ketones (excluding diaryl/α,β-unsaturated/α-hetero) is 1. The Hall–Kier alpha value is -2.88. The summed E-state index contributed by atoms with van der Waals surface area (Å²) in [6, 6.07) is 8.43. The molecule has 3 saturated carbocycles. The normalized spacial score (nSPS) is 26.6. The maximum Gasteiger partial charge on any atom is 0.261 e. The third kappa shape index (κ3) is 5.28. The summed E-state index contributed by atoms with van der Waals surface area (Å²) in [5.41, 5.74) is 1.26. The van der Waals surface area contributed by atoms with Gasteiger partial charge >= 0.3 is 0 Å². The highest BCUT2D eigenvalue weighted by molar-refractivity contribution is 5.89. The maximum atomic E-state index is 13.5. The van der Waals surface area contributed by atoms with Crippen molar-refractivity contribution in [2.24, 2.45) is 16.7 Å². The molecule has 2 amide bonds. The van der Waals surface area contributed by atoms with Gasteiger partial charge in [-0.25, -0.2) is 0 Å². The Morgan fingerprint density at radius 3 is 2.47 bits per heavy atom. The summed E-state index contributed by atoms with van der Waals surface area (Å²) in [7, 11) is 0. The van der Waals surface area contributed by atoms with Crippen molar-refractivity contribution in [3.05, 3.63) is 29.8 Å². The van der Waals surface area contributed by atoms with E-state index in [1.807, 2.05) is 31.2 Å². The van der Waals surface area contributed by atoms with Gasteiger partial charge < -0.3 is 15.0 Å². The fourth-order valence-electron chi connectivity index (χ4n) is 6.77. The van der Waals surface area contributed by atoms with E-state index < -0.39 is 12.1 Å². The standard InChI is InChI=1S/C29H37N3O4/c1-20-5-7-23(8-6-20)36-18-26(34)32-19-29(9-3-2-4-10-29)15-24(32)27(35)31-22(17-30)13-21-14-28(11-12-28)16-25(21)33/h5-8,21-22,24H,2-4,9-16,18-19H2,1H3,(H,31,35)/t21-,22+,24?/m1/s1. The van der Waals surface area contributed by atoms with Crippen LogP contribution in [0.5, 0.6) is 5.75 Å². The van der Waals surface area contributed by atoms with Gasteiger partial charge in [0, 0.05) is 18.9 Å². The molecular formula is C29H37N3O4. The van der Waals surface area contributed by atoms with Gasteiger partial charge in [-0.15, -0.1) is 0 Å². The van der Waals surface area contributed by atoms with Crippen molar-refractivity contribution in [3.8, 4) is 11.8 Å². The first-order valence-corrected chi connectivity index (χ1v) is 13.5. The molecular weight excluding hydrogens is 454 g/mol. The van der Waals surface area contributed by atoms with Crippen LogP contribution in [0.15, 0.2) is 24.3 Å². The van der Waals surface area contributed by atoms with Crippen LogP contribution in [-0.2, 0) is 14.4 Å². The van der Waals surface area contributed by atoms with Crippen molar-refractivity contribution < 1.29 is 19.1 Å². The van der Waals surface area contributed by atoms with E-state index in [2.05, 4.69) is 11.4 Å².